The van der Waals surface area contributed by atoms with Crippen LogP contribution in [0.3, 0.4) is 0 Å². The number of aliphatic carboxylic acids is 1. The number of aliphatic hydroxyl groups is 2. The van der Waals surface area contributed by atoms with E-state index in [1.54, 1.807) is 38.1 Å². The van der Waals surface area contributed by atoms with Gasteiger partial charge in [-0.2, -0.15) is 0 Å². The number of carbonyl (C=O) groups excluding carboxylic acids is 3. The molecule has 0 aliphatic rings. The summed E-state index contributed by atoms with van der Waals surface area (Å²) in [6.45, 7) is 20.2. The van der Waals surface area contributed by atoms with Gasteiger partial charge >= 0.3 is 5.97 Å². The molecule has 0 saturated carbocycles. The third kappa shape index (κ3) is 14.1. The predicted octanol–water partition coefficient (Wildman–Crippen LogP) is 7.13. The van der Waals surface area contributed by atoms with Crippen LogP contribution in [0.2, 0.25) is 10.0 Å². The molecule has 0 radical (unpaired) electrons. The highest BCUT2D eigenvalue weighted by molar-refractivity contribution is 6.34. The van der Waals surface area contributed by atoms with Crippen molar-refractivity contribution in [1.29, 1.82) is 0 Å². The fraction of sp³-hybridized carbons (Fsp3) is 0.268. The maximum Gasteiger partial charge on any atom is 0.309 e. The number of carboxylic acids is 1. The molecule has 0 spiro atoms. The largest absolute Gasteiger partial charge is 0.481 e. The first-order chi connectivity index (χ1) is 26.9. The van der Waals surface area contributed by atoms with Gasteiger partial charge in [0.15, 0.2) is 5.78 Å². The van der Waals surface area contributed by atoms with Gasteiger partial charge in [-0.1, -0.05) is 47.5 Å². The first kappa shape index (κ1) is 47.4. The Morgan fingerprint density at radius 1 is 0.719 bits per heavy atom. The number of hydrogen-bond acceptors (Lipinski definition) is 7. The topological polar surface area (TPSA) is 188 Å². The molecule has 0 aliphatic carbocycles. The molecular weight excluding hydrogens is 783 g/mol. The number of aliphatic hydroxyl groups excluding tert-OH is 2. The monoisotopic (exact) mass is 823 g/mol. The molecule has 4 atom stereocenters. The zero-order valence-electron chi connectivity index (χ0n) is 31.3. The first-order valence-corrected chi connectivity index (χ1v) is 17.8. The number of nitrogens with one attached hydrogen (secondary N) is 2. The lowest BCUT2D eigenvalue weighted by Gasteiger charge is -2.21. The Balaban J connectivity index is 0.000000329. The number of amides is 2. The predicted molar refractivity (Wildman–Crippen MR) is 212 cm³/mol. The van der Waals surface area contributed by atoms with Gasteiger partial charge in [0, 0.05) is 11.1 Å². The lowest BCUT2D eigenvalue weighted by Crippen LogP contribution is -2.40. The SMILES string of the molecule is NNC(=O)c1ccc(F)cc1.[C-]#[N+]c1ccc(C[C@@H](C(=O)NCC(=O)c2ccc(F)cc2)[C@H](C)O)c(C)c1Cl.[C-]#[N+]c1ccc(C[C@@H](C(=O)O)[C@H](C)O)c(C)c1Cl. The summed E-state index contributed by atoms with van der Waals surface area (Å²) in [6.07, 6.45) is -1.50. The smallest absolute Gasteiger partial charge is 0.309 e. The van der Waals surface area contributed by atoms with E-state index in [9.17, 15) is 38.2 Å². The van der Waals surface area contributed by atoms with Crippen molar-refractivity contribution in [2.75, 3.05) is 6.54 Å². The van der Waals surface area contributed by atoms with Crippen LogP contribution in [0.4, 0.5) is 20.2 Å². The molecule has 2 amide bonds. The number of ketones is 1. The average Bonchev–Trinajstić information content (AvgIpc) is 3.18. The van der Waals surface area contributed by atoms with Crippen molar-refractivity contribution in [2.24, 2.45) is 17.7 Å². The van der Waals surface area contributed by atoms with Crippen molar-refractivity contribution in [3.8, 4) is 0 Å². The summed E-state index contributed by atoms with van der Waals surface area (Å²) in [5.74, 6) is 0.0369. The number of hydrogen-bond donors (Lipinski definition) is 6. The third-order valence-corrected chi connectivity index (χ3v) is 9.68. The zero-order valence-corrected chi connectivity index (χ0v) is 32.8. The summed E-state index contributed by atoms with van der Waals surface area (Å²) in [5, 5.41) is 31.7. The highest BCUT2D eigenvalue weighted by Crippen LogP contribution is 2.33. The number of rotatable bonds is 12. The van der Waals surface area contributed by atoms with Crippen molar-refractivity contribution in [2.45, 2.75) is 52.7 Å². The number of nitrogen functional groups attached to an aromatic ring is 1. The van der Waals surface area contributed by atoms with Crippen LogP contribution in [-0.4, -0.2) is 57.6 Å². The molecule has 57 heavy (non-hydrogen) atoms. The number of nitrogens with zero attached hydrogens (tertiary/aromatic N) is 2. The number of carbonyl (C=O) groups is 4. The molecule has 0 fully saturated rings. The van der Waals surface area contributed by atoms with E-state index >= 15 is 0 Å². The molecule has 7 N–H and O–H groups in total. The number of benzene rings is 4. The quantitative estimate of drug-likeness (QED) is 0.0286. The Labute approximate surface area is 338 Å². The van der Waals surface area contributed by atoms with Gasteiger partial charge in [-0.25, -0.2) is 24.3 Å². The van der Waals surface area contributed by atoms with Gasteiger partial charge in [0.1, 0.15) is 11.6 Å². The molecule has 4 rings (SSSR count). The second kappa shape index (κ2) is 22.7. The van der Waals surface area contributed by atoms with Crippen LogP contribution in [0.1, 0.15) is 56.8 Å². The van der Waals surface area contributed by atoms with Gasteiger partial charge in [-0.3, -0.25) is 24.6 Å². The highest BCUT2D eigenvalue weighted by atomic mass is 35.5. The Morgan fingerprint density at radius 2 is 1.12 bits per heavy atom. The van der Waals surface area contributed by atoms with Crippen LogP contribution in [0.25, 0.3) is 9.69 Å². The lowest BCUT2D eigenvalue weighted by molar-refractivity contribution is -0.145. The van der Waals surface area contributed by atoms with E-state index in [2.05, 4.69) is 15.0 Å². The van der Waals surface area contributed by atoms with Crippen LogP contribution in [0.15, 0.2) is 72.8 Å². The fourth-order valence-corrected chi connectivity index (χ4v) is 5.63. The molecular formula is C41H41Cl2F2N5O7. The summed E-state index contributed by atoms with van der Waals surface area (Å²) >= 11 is 12.2. The van der Waals surface area contributed by atoms with Crippen LogP contribution in [0, 0.1) is 50.5 Å². The minimum absolute atomic E-state index is 0.191. The summed E-state index contributed by atoms with van der Waals surface area (Å²) < 4.78 is 25.2. The van der Waals surface area contributed by atoms with Crippen LogP contribution in [-0.2, 0) is 22.4 Å². The molecule has 12 nitrogen and oxygen atoms in total. The van der Waals surface area contributed by atoms with Gasteiger partial charge in [-0.05, 0) is 111 Å². The average molecular weight is 825 g/mol. The molecule has 0 aliphatic heterocycles. The third-order valence-electron chi connectivity index (χ3n) is 8.72. The van der Waals surface area contributed by atoms with Crippen LogP contribution in [0.5, 0.6) is 0 Å². The summed E-state index contributed by atoms with van der Waals surface area (Å²) in [4.78, 5) is 53.1. The standard InChI is InChI=1S/C21H20ClFN2O3.C13H14ClNO3.C7H7FN2O/c1-12-15(6-9-18(24-3)20(12)22)10-17(13(2)26)21(28)25-11-19(27)14-4-7-16(23)8-5-14;1-7-9(4-5-11(15-3)12(7)14)6-10(8(2)16)13(17)18;8-6-3-1-5(2-4-6)7(11)10-9/h4-9,13,17,26H,10-11H2,1-2H3,(H,25,28);4-5,8,10,16H,6H2,1-2H3,(H,17,18);1-4H,9H2,(H,10,11)/t13-,17+;8-,10+;/m00./s1. The van der Waals surface area contributed by atoms with Gasteiger partial charge in [0.2, 0.25) is 17.3 Å². The van der Waals surface area contributed by atoms with E-state index in [-0.39, 0.29) is 36.6 Å². The van der Waals surface area contributed by atoms with E-state index in [1.807, 2.05) is 5.43 Å². The normalized spacial score (nSPS) is 12.4. The number of Topliss-reactive ketones (excluding diaryl/α,β-unsaturated/α-hetero) is 1. The molecule has 0 unspecified atom stereocenters. The van der Waals surface area contributed by atoms with Gasteiger partial charge in [0.25, 0.3) is 5.91 Å². The Kier molecular flexibility index (Phi) is 18.9. The minimum atomic E-state index is -1.05. The second-order valence-electron chi connectivity index (χ2n) is 12.7. The Bertz CT molecular complexity index is 2140. The highest BCUT2D eigenvalue weighted by Gasteiger charge is 2.26. The summed E-state index contributed by atoms with van der Waals surface area (Å²) in [7, 11) is 0. The van der Waals surface area contributed by atoms with E-state index in [1.165, 1.54) is 62.4 Å². The van der Waals surface area contributed by atoms with Gasteiger partial charge in [0.05, 0.1) is 53.8 Å². The molecule has 0 bridgehead atoms. The van der Waals surface area contributed by atoms with Crippen molar-refractivity contribution >= 4 is 58.1 Å². The first-order valence-electron chi connectivity index (χ1n) is 17.1. The molecule has 0 heterocycles. The maximum absolute atomic E-state index is 12.9. The van der Waals surface area contributed by atoms with Gasteiger partial charge in [-0.15, -0.1) is 0 Å². The van der Waals surface area contributed by atoms with Crippen molar-refractivity contribution in [3.05, 3.63) is 151 Å². The Morgan fingerprint density at radius 3 is 1.49 bits per heavy atom. The summed E-state index contributed by atoms with van der Waals surface area (Å²) in [6, 6.07) is 16.7. The molecule has 4 aromatic carbocycles. The fourth-order valence-electron chi connectivity index (χ4n) is 5.18. The number of nitrogens with two attached hydrogens (primary N) is 1. The number of carboxylic acid groups (broad SMARTS) is 1. The second-order valence-corrected chi connectivity index (χ2v) is 13.4. The van der Waals surface area contributed by atoms with E-state index in [4.69, 9.17) is 47.3 Å². The van der Waals surface area contributed by atoms with Gasteiger partial charge < -0.3 is 20.6 Å². The number of halogens is 4. The van der Waals surface area contributed by atoms with Crippen LogP contribution < -0.4 is 16.6 Å². The molecule has 4 aromatic rings. The molecule has 0 saturated heterocycles. The maximum atomic E-state index is 12.9. The lowest BCUT2D eigenvalue weighted by atomic mass is 9.91. The molecule has 16 heteroatoms. The Hall–Kier alpha value is -5.74. The van der Waals surface area contributed by atoms with E-state index in [0.717, 1.165) is 11.1 Å². The zero-order chi connectivity index (χ0) is 43.0. The number of hydrazine groups is 1. The van der Waals surface area contributed by atoms with Crippen molar-refractivity contribution in [1.82, 2.24) is 10.7 Å². The molecule has 300 valence electrons. The minimum Gasteiger partial charge on any atom is -0.481 e. The summed E-state index contributed by atoms with van der Waals surface area (Å²) in [5.41, 5.74) is 6.08. The van der Waals surface area contributed by atoms with Crippen molar-refractivity contribution < 1.29 is 43.3 Å². The molecule has 0 aromatic heterocycles. The van der Waals surface area contributed by atoms with Crippen molar-refractivity contribution in [3.63, 3.8) is 0 Å². The van der Waals surface area contributed by atoms with Crippen LogP contribution >= 0.6 is 23.2 Å². The van der Waals surface area contributed by atoms with E-state index in [0.29, 0.717) is 38.1 Å². The van der Waals surface area contributed by atoms with E-state index < -0.39 is 47.6 Å².